The summed E-state index contributed by atoms with van der Waals surface area (Å²) in [5.41, 5.74) is 0.415. The average Bonchev–Trinajstić information content (AvgIpc) is 3.32. The molecule has 2 amide bonds. The van der Waals surface area contributed by atoms with E-state index in [0.29, 0.717) is 16.1 Å². The van der Waals surface area contributed by atoms with Gasteiger partial charge in [0.2, 0.25) is 0 Å². The molecule has 3 aromatic rings. The van der Waals surface area contributed by atoms with E-state index >= 15 is 0 Å². The summed E-state index contributed by atoms with van der Waals surface area (Å²) < 4.78 is 59.2. The zero-order chi connectivity index (χ0) is 27.8. The highest BCUT2D eigenvalue weighted by Gasteiger charge is 2.41. The van der Waals surface area contributed by atoms with E-state index in [-0.39, 0.29) is 36.2 Å². The molecule has 200 valence electrons. The standard InChI is InChI=1S/C28H25ClF4N2O3/c1-16-12-20(30)9-10-21(16)27(37)35-14-22(17-4-7-19(29)8-5-17)24(15-35)34(2)26(36)18-6-11-25(38-3)23(13-18)28(31,32)33/h4-13,22,24H,14-15H2,1-3H3. The van der Waals surface area contributed by atoms with Gasteiger partial charge in [-0.15, -0.1) is 0 Å². The molecule has 1 aliphatic heterocycles. The van der Waals surface area contributed by atoms with Gasteiger partial charge in [-0.3, -0.25) is 9.59 Å². The molecule has 2 atom stereocenters. The van der Waals surface area contributed by atoms with Crippen LogP contribution in [0.5, 0.6) is 5.75 Å². The molecule has 0 N–H and O–H groups in total. The lowest BCUT2D eigenvalue weighted by molar-refractivity contribution is -0.138. The van der Waals surface area contributed by atoms with Gasteiger partial charge in [-0.05, 0) is 66.6 Å². The summed E-state index contributed by atoms with van der Waals surface area (Å²) in [6, 6.07) is 13.5. The summed E-state index contributed by atoms with van der Waals surface area (Å²) in [7, 11) is 2.63. The maximum Gasteiger partial charge on any atom is 0.419 e. The number of carbonyl (C=O) groups excluding carboxylic acids is 2. The van der Waals surface area contributed by atoms with Crippen molar-refractivity contribution in [2.24, 2.45) is 0 Å². The number of methoxy groups -OCH3 is 1. The third kappa shape index (κ3) is 5.48. The topological polar surface area (TPSA) is 49.9 Å². The number of halogens is 5. The predicted molar refractivity (Wildman–Crippen MR) is 135 cm³/mol. The predicted octanol–water partition coefficient (Wildman–Crippen LogP) is 6.20. The minimum atomic E-state index is -4.71. The molecule has 1 aliphatic rings. The molecule has 2 unspecified atom stereocenters. The lowest BCUT2D eigenvalue weighted by Gasteiger charge is -2.29. The first-order chi connectivity index (χ1) is 17.9. The largest absolute Gasteiger partial charge is 0.496 e. The molecule has 3 aromatic carbocycles. The van der Waals surface area contributed by atoms with Crippen LogP contribution < -0.4 is 4.74 Å². The normalized spacial score (nSPS) is 17.4. The van der Waals surface area contributed by atoms with Gasteiger partial charge in [0.1, 0.15) is 11.6 Å². The summed E-state index contributed by atoms with van der Waals surface area (Å²) >= 11 is 6.05. The number of rotatable bonds is 5. The summed E-state index contributed by atoms with van der Waals surface area (Å²) in [6.07, 6.45) is -4.71. The van der Waals surface area contributed by atoms with E-state index in [0.717, 1.165) is 24.8 Å². The van der Waals surface area contributed by atoms with E-state index in [9.17, 15) is 27.2 Å². The third-order valence-electron chi connectivity index (χ3n) is 6.86. The molecule has 5 nitrogen and oxygen atoms in total. The Labute approximate surface area is 222 Å². The molecule has 10 heteroatoms. The van der Waals surface area contributed by atoms with E-state index < -0.39 is 29.5 Å². The molecular formula is C28H25ClF4N2O3. The van der Waals surface area contributed by atoms with Crippen molar-refractivity contribution in [3.05, 3.63) is 99.3 Å². The van der Waals surface area contributed by atoms with Gasteiger partial charge in [-0.1, -0.05) is 23.7 Å². The molecule has 0 radical (unpaired) electrons. The van der Waals surface area contributed by atoms with Gasteiger partial charge >= 0.3 is 6.18 Å². The smallest absolute Gasteiger partial charge is 0.419 e. The Morgan fingerprint density at radius 2 is 1.71 bits per heavy atom. The number of nitrogens with zero attached hydrogens (tertiary/aromatic N) is 2. The van der Waals surface area contributed by atoms with Crippen LogP contribution in [0.3, 0.4) is 0 Å². The number of amides is 2. The molecule has 1 saturated heterocycles. The number of likely N-dealkylation sites (N-methyl/N-ethyl adjacent to an activating group) is 1. The minimum Gasteiger partial charge on any atom is -0.496 e. The van der Waals surface area contributed by atoms with Gasteiger partial charge in [0.05, 0.1) is 18.7 Å². The highest BCUT2D eigenvalue weighted by Crippen LogP contribution is 2.38. The van der Waals surface area contributed by atoms with Crippen LogP contribution >= 0.6 is 11.6 Å². The van der Waals surface area contributed by atoms with Crippen LogP contribution in [0, 0.1) is 12.7 Å². The van der Waals surface area contributed by atoms with Crippen molar-refractivity contribution in [2.45, 2.75) is 25.1 Å². The van der Waals surface area contributed by atoms with Crippen LogP contribution in [-0.2, 0) is 6.18 Å². The van der Waals surface area contributed by atoms with Crippen LogP contribution in [0.2, 0.25) is 5.02 Å². The van der Waals surface area contributed by atoms with E-state index in [2.05, 4.69) is 0 Å². The van der Waals surface area contributed by atoms with Crippen molar-refractivity contribution in [3.63, 3.8) is 0 Å². The molecule has 0 aromatic heterocycles. The SMILES string of the molecule is COc1ccc(C(=O)N(C)C2CN(C(=O)c3ccc(F)cc3C)CC2c2ccc(Cl)cc2)cc1C(F)(F)F. The Kier molecular flexibility index (Phi) is 7.69. The number of hydrogen-bond acceptors (Lipinski definition) is 3. The maximum atomic E-state index is 13.6. The number of benzene rings is 3. The Balaban J connectivity index is 1.68. The second kappa shape index (κ2) is 10.6. The van der Waals surface area contributed by atoms with Gasteiger partial charge in [0.25, 0.3) is 11.8 Å². The van der Waals surface area contributed by atoms with Crippen LogP contribution in [0.15, 0.2) is 60.7 Å². The first-order valence-electron chi connectivity index (χ1n) is 11.7. The molecule has 4 rings (SSSR count). The summed E-state index contributed by atoms with van der Waals surface area (Å²) in [5.74, 6) is -2.14. The van der Waals surface area contributed by atoms with Gasteiger partial charge in [0.15, 0.2) is 0 Å². The fourth-order valence-electron chi connectivity index (χ4n) is 4.84. The lowest BCUT2D eigenvalue weighted by Crippen LogP contribution is -2.42. The second-order valence-electron chi connectivity index (χ2n) is 9.22. The number of aryl methyl sites for hydroxylation is 1. The van der Waals surface area contributed by atoms with Crippen molar-refractivity contribution < 1.29 is 31.9 Å². The van der Waals surface area contributed by atoms with E-state index in [1.165, 1.54) is 36.2 Å². The quantitative estimate of drug-likeness (QED) is 0.357. The number of likely N-dealkylation sites (tertiary alicyclic amines) is 1. The van der Waals surface area contributed by atoms with Crippen molar-refractivity contribution in [2.75, 3.05) is 27.2 Å². The Morgan fingerprint density at radius 1 is 1.03 bits per heavy atom. The molecule has 0 bridgehead atoms. The van der Waals surface area contributed by atoms with Crippen LogP contribution in [0.4, 0.5) is 17.6 Å². The molecule has 1 heterocycles. The van der Waals surface area contributed by atoms with Crippen LogP contribution in [0.1, 0.15) is 43.3 Å². The van der Waals surface area contributed by atoms with Crippen molar-refractivity contribution in [1.29, 1.82) is 0 Å². The number of carbonyl (C=O) groups is 2. The Morgan fingerprint density at radius 3 is 2.32 bits per heavy atom. The monoisotopic (exact) mass is 548 g/mol. The van der Waals surface area contributed by atoms with Crippen molar-refractivity contribution in [1.82, 2.24) is 9.80 Å². The highest BCUT2D eigenvalue weighted by atomic mass is 35.5. The summed E-state index contributed by atoms with van der Waals surface area (Å²) in [5, 5.41) is 0.514. The number of alkyl halides is 3. The molecule has 38 heavy (non-hydrogen) atoms. The van der Waals surface area contributed by atoms with E-state index in [4.69, 9.17) is 16.3 Å². The second-order valence-corrected chi connectivity index (χ2v) is 9.66. The summed E-state index contributed by atoms with van der Waals surface area (Å²) in [6.45, 7) is 2.02. The number of ether oxygens (including phenoxy) is 1. The van der Waals surface area contributed by atoms with Gasteiger partial charge in [0, 0.05) is 42.2 Å². The summed E-state index contributed by atoms with van der Waals surface area (Å²) in [4.78, 5) is 29.8. The molecule has 0 spiro atoms. The minimum absolute atomic E-state index is 0.132. The third-order valence-corrected chi connectivity index (χ3v) is 7.11. The molecule has 1 fully saturated rings. The van der Waals surface area contributed by atoms with Crippen LogP contribution in [-0.4, -0.2) is 54.9 Å². The first-order valence-corrected chi connectivity index (χ1v) is 12.1. The van der Waals surface area contributed by atoms with E-state index in [1.807, 2.05) is 0 Å². The zero-order valence-electron chi connectivity index (χ0n) is 20.9. The highest BCUT2D eigenvalue weighted by molar-refractivity contribution is 6.30. The fraction of sp³-hybridized carbons (Fsp3) is 0.286. The molecular weight excluding hydrogens is 524 g/mol. The van der Waals surface area contributed by atoms with Gasteiger partial charge in [-0.2, -0.15) is 13.2 Å². The maximum absolute atomic E-state index is 13.6. The Hall–Kier alpha value is -3.59. The number of hydrogen-bond donors (Lipinski definition) is 0. The van der Waals surface area contributed by atoms with Crippen molar-refractivity contribution in [3.8, 4) is 5.75 Å². The van der Waals surface area contributed by atoms with Gasteiger partial charge < -0.3 is 14.5 Å². The average molecular weight is 549 g/mol. The van der Waals surface area contributed by atoms with Gasteiger partial charge in [-0.25, -0.2) is 4.39 Å². The Bertz CT molecular complexity index is 1360. The first kappa shape index (κ1) is 27.4. The van der Waals surface area contributed by atoms with E-state index in [1.54, 1.807) is 36.1 Å². The van der Waals surface area contributed by atoms with Crippen molar-refractivity contribution >= 4 is 23.4 Å². The fourth-order valence-corrected chi connectivity index (χ4v) is 4.96. The van der Waals surface area contributed by atoms with Crippen LogP contribution in [0.25, 0.3) is 0 Å². The molecule has 0 aliphatic carbocycles. The zero-order valence-corrected chi connectivity index (χ0v) is 21.6. The lowest BCUT2D eigenvalue weighted by atomic mass is 9.93. The molecule has 0 saturated carbocycles.